The Morgan fingerprint density at radius 2 is 2.14 bits per heavy atom. The van der Waals surface area contributed by atoms with E-state index in [1.54, 1.807) is 0 Å². The third-order valence-corrected chi connectivity index (χ3v) is 4.41. The Balaban J connectivity index is 1.83. The average Bonchev–Trinajstić information content (AvgIpc) is 2.54. The summed E-state index contributed by atoms with van der Waals surface area (Å²) >= 11 is 0. The minimum Gasteiger partial charge on any atom is -0.493 e. The molecule has 1 saturated carbocycles. The van der Waals surface area contributed by atoms with Gasteiger partial charge in [-0.05, 0) is 31.9 Å². The maximum absolute atomic E-state index is 12.9. The highest BCUT2D eigenvalue weighted by Gasteiger charge is 2.37. The summed E-state index contributed by atoms with van der Waals surface area (Å²) < 4.78 is 11.5. The van der Waals surface area contributed by atoms with Crippen molar-refractivity contribution >= 4 is 5.91 Å². The lowest BCUT2D eigenvalue weighted by atomic mass is 9.89. The second-order valence-corrected chi connectivity index (χ2v) is 5.69. The molecule has 2 fully saturated rings. The van der Waals surface area contributed by atoms with Crippen molar-refractivity contribution in [3.8, 4) is 5.75 Å². The van der Waals surface area contributed by atoms with Gasteiger partial charge in [-0.2, -0.15) is 0 Å². The molecule has 0 N–H and O–H groups in total. The molecular formula is C17H23NO3. The normalized spacial score (nSPS) is 25.3. The highest BCUT2D eigenvalue weighted by atomic mass is 16.5. The molecule has 2 unspecified atom stereocenters. The van der Waals surface area contributed by atoms with E-state index in [-0.39, 0.29) is 18.1 Å². The maximum Gasteiger partial charge on any atom is 0.258 e. The zero-order chi connectivity index (χ0) is 14.7. The van der Waals surface area contributed by atoms with Crippen LogP contribution >= 0.6 is 0 Å². The molecule has 4 nitrogen and oxygen atoms in total. The van der Waals surface area contributed by atoms with Crippen molar-refractivity contribution in [3.05, 3.63) is 29.8 Å². The van der Waals surface area contributed by atoms with Crippen LogP contribution in [0.2, 0.25) is 0 Å². The fraction of sp³-hybridized carbons (Fsp3) is 0.588. The summed E-state index contributed by atoms with van der Waals surface area (Å²) in [6.07, 6.45) is 4.73. The summed E-state index contributed by atoms with van der Waals surface area (Å²) in [5, 5.41) is 0. The van der Waals surface area contributed by atoms with Crippen LogP contribution in [0.1, 0.15) is 43.0 Å². The van der Waals surface area contributed by atoms with Crippen molar-refractivity contribution in [1.82, 2.24) is 4.90 Å². The number of rotatable bonds is 3. The van der Waals surface area contributed by atoms with Crippen LogP contribution < -0.4 is 4.74 Å². The van der Waals surface area contributed by atoms with Gasteiger partial charge in [-0.3, -0.25) is 4.79 Å². The first-order valence-corrected chi connectivity index (χ1v) is 7.95. The largest absolute Gasteiger partial charge is 0.493 e. The smallest absolute Gasteiger partial charge is 0.258 e. The van der Waals surface area contributed by atoms with E-state index >= 15 is 0 Å². The van der Waals surface area contributed by atoms with Gasteiger partial charge in [0.25, 0.3) is 5.91 Å². The molecule has 114 valence electrons. The molecule has 1 aromatic rings. The number of carbonyl (C=O) groups excluding carboxylic acids is 1. The number of benzene rings is 1. The Hall–Kier alpha value is -1.55. The zero-order valence-electron chi connectivity index (χ0n) is 12.6. The molecule has 1 aliphatic carbocycles. The van der Waals surface area contributed by atoms with Crippen LogP contribution in [0.3, 0.4) is 0 Å². The van der Waals surface area contributed by atoms with Gasteiger partial charge in [0.2, 0.25) is 0 Å². The average molecular weight is 289 g/mol. The third kappa shape index (κ3) is 2.91. The van der Waals surface area contributed by atoms with Crippen LogP contribution in [-0.4, -0.2) is 42.7 Å². The minimum absolute atomic E-state index is 0.0826. The van der Waals surface area contributed by atoms with E-state index < -0.39 is 0 Å². The van der Waals surface area contributed by atoms with Gasteiger partial charge in [0.1, 0.15) is 5.75 Å². The first-order valence-electron chi connectivity index (χ1n) is 7.95. The molecule has 1 amide bonds. The van der Waals surface area contributed by atoms with Gasteiger partial charge >= 0.3 is 0 Å². The number of para-hydroxylation sites is 1. The molecule has 2 atom stereocenters. The summed E-state index contributed by atoms with van der Waals surface area (Å²) in [7, 11) is 0. The van der Waals surface area contributed by atoms with Crippen molar-refractivity contribution in [2.24, 2.45) is 0 Å². The van der Waals surface area contributed by atoms with E-state index in [2.05, 4.69) is 0 Å². The Bertz CT molecular complexity index is 501. The number of nitrogens with zero attached hydrogens (tertiary/aromatic N) is 1. The quantitative estimate of drug-likeness (QED) is 0.859. The van der Waals surface area contributed by atoms with Crippen molar-refractivity contribution in [2.75, 3.05) is 19.8 Å². The standard InChI is InChI=1S/C17H23NO3/c1-2-20-15-9-5-3-7-13(15)17(19)18-11-12-21-16-10-6-4-8-14(16)18/h3,5,7,9,14,16H,2,4,6,8,10-12H2,1H3. The summed E-state index contributed by atoms with van der Waals surface area (Å²) in [5.74, 6) is 0.767. The molecule has 3 rings (SSSR count). The lowest BCUT2D eigenvalue weighted by Gasteiger charge is -2.43. The van der Waals surface area contributed by atoms with Gasteiger partial charge in [0.15, 0.2) is 0 Å². The number of ether oxygens (including phenoxy) is 2. The maximum atomic E-state index is 12.9. The molecule has 4 heteroatoms. The molecule has 21 heavy (non-hydrogen) atoms. The summed E-state index contributed by atoms with van der Waals surface area (Å²) in [4.78, 5) is 14.9. The van der Waals surface area contributed by atoms with Crippen LogP contribution in [0.4, 0.5) is 0 Å². The molecule has 1 aromatic carbocycles. The van der Waals surface area contributed by atoms with Crippen molar-refractivity contribution in [1.29, 1.82) is 0 Å². The van der Waals surface area contributed by atoms with Crippen molar-refractivity contribution < 1.29 is 14.3 Å². The van der Waals surface area contributed by atoms with Gasteiger partial charge in [-0.1, -0.05) is 25.0 Å². The third-order valence-electron chi connectivity index (χ3n) is 4.41. The van der Waals surface area contributed by atoms with E-state index in [9.17, 15) is 4.79 Å². The molecule has 1 saturated heterocycles. The SMILES string of the molecule is CCOc1ccccc1C(=O)N1CCOC2CCCCC21. The van der Waals surface area contributed by atoms with Crippen LogP contribution in [0.15, 0.2) is 24.3 Å². The van der Waals surface area contributed by atoms with Crippen LogP contribution in [0.5, 0.6) is 5.75 Å². The van der Waals surface area contributed by atoms with E-state index in [0.717, 1.165) is 12.8 Å². The Morgan fingerprint density at radius 3 is 3.00 bits per heavy atom. The van der Waals surface area contributed by atoms with Crippen LogP contribution in [-0.2, 0) is 4.74 Å². The van der Waals surface area contributed by atoms with Gasteiger partial charge in [0.05, 0.1) is 30.9 Å². The predicted octanol–water partition coefficient (Wildman–Crippen LogP) is 2.87. The number of amides is 1. The van der Waals surface area contributed by atoms with E-state index in [1.165, 1.54) is 12.8 Å². The summed E-state index contributed by atoms with van der Waals surface area (Å²) in [5.41, 5.74) is 0.672. The second-order valence-electron chi connectivity index (χ2n) is 5.69. The predicted molar refractivity (Wildman–Crippen MR) is 80.6 cm³/mol. The van der Waals surface area contributed by atoms with Gasteiger partial charge in [0, 0.05) is 6.54 Å². The van der Waals surface area contributed by atoms with E-state index in [0.29, 0.717) is 31.1 Å². The molecule has 0 spiro atoms. The molecule has 1 aliphatic heterocycles. The number of morpholine rings is 1. The highest BCUT2D eigenvalue weighted by Crippen LogP contribution is 2.30. The number of carbonyl (C=O) groups is 1. The summed E-state index contributed by atoms with van der Waals surface area (Å²) in [6, 6.07) is 7.77. The fourth-order valence-electron chi connectivity index (χ4n) is 3.43. The second kappa shape index (κ2) is 6.48. The lowest BCUT2D eigenvalue weighted by Crippen LogP contribution is -2.54. The fourth-order valence-corrected chi connectivity index (χ4v) is 3.43. The summed E-state index contributed by atoms with van der Waals surface area (Å²) in [6.45, 7) is 3.83. The van der Waals surface area contributed by atoms with Gasteiger partial charge in [-0.25, -0.2) is 0 Å². The minimum atomic E-state index is 0.0826. The number of hydrogen-bond acceptors (Lipinski definition) is 3. The zero-order valence-corrected chi connectivity index (χ0v) is 12.6. The van der Waals surface area contributed by atoms with Crippen molar-refractivity contribution in [3.63, 3.8) is 0 Å². The molecule has 0 bridgehead atoms. The Kier molecular flexibility index (Phi) is 4.44. The van der Waals surface area contributed by atoms with Crippen molar-refractivity contribution in [2.45, 2.75) is 44.8 Å². The highest BCUT2D eigenvalue weighted by molar-refractivity contribution is 5.97. The first kappa shape index (κ1) is 14.4. The van der Waals surface area contributed by atoms with E-state index in [4.69, 9.17) is 9.47 Å². The molecule has 1 heterocycles. The Morgan fingerprint density at radius 1 is 1.33 bits per heavy atom. The number of fused-ring (bicyclic) bond motifs is 1. The van der Waals surface area contributed by atoms with Crippen LogP contribution in [0.25, 0.3) is 0 Å². The molecular weight excluding hydrogens is 266 g/mol. The Labute approximate surface area is 126 Å². The van der Waals surface area contributed by atoms with Gasteiger partial charge < -0.3 is 14.4 Å². The lowest BCUT2D eigenvalue weighted by molar-refractivity contribution is -0.0753. The first-order chi connectivity index (χ1) is 10.3. The van der Waals surface area contributed by atoms with Crippen LogP contribution in [0, 0.1) is 0 Å². The molecule has 0 radical (unpaired) electrons. The number of hydrogen-bond donors (Lipinski definition) is 0. The van der Waals surface area contributed by atoms with E-state index in [1.807, 2.05) is 36.1 Å². The van der Waals surface area contributed by atoms with Gasteiger partial charge in [-0.15, -0.1) is 0 Å². The molecule has 0 aromatic heterocycles. The topological polar surface area (TPSA) is 38.8 Å². The monoisotopic (exact) mass is 289 g/mol. The molecule has 2 aliphatic rings.